The molecule has 6 heteroatoms. The van der Waals surface area contributed by atoms with Gasteiger partial charge in [-0.25, -0.2) is 15.8 Å². The maximum atomic E-state index is 5.47. The Morgan fingerprint density at radius 2 is 1.80 bits per heavy atom. The van der Waals surface area contributed by atoms with Crippen LogP contribution < -0.4 is 16.6 Å². The van der Waals surface area contributed by atoms with Gasteiger partial charge in [0, 0.05) is 17.0 Å². The van der Waals surface area contributed by atoms with E-state index in [2.05, 4.69) is 20.7 Å². The van der Waals surface area contributed by atoms with Crippen LogP contribution in [-0.2, 0) is 0 Å². The van der Waals surface area contributed by atoms with Crippen molar-refractivity contribution in [2.75, 3.05) is 10.7 Å². The highest BCUT2D eigenvalue weighted by atomic mass is 32.1. The summed E-state index contributed by atoms with van der Waals surface area (Å²) in [6.45, 7) is 0. The molecule has 100 valence electrons. The smallest absolute Gasteiger partial charge is 0.163 e. The second kappa shape index (κ2) is 5.68. The predicted molar refractivity (Wildman–Crippen MR) is 82.9 cm³/mol. The summed E-state index contributed by atoms with van der Waals surface area (Å²) in [4.78, 5) is 8.88. The zero-order valence-corrected chi connectivity index (χ0v) is 11.4. The van der Waals surface area contributed by atoms with Gasteiger partial charge in [0.15, 0.2) is 5.82 Å². The van der Waals surface area contributed by atoms with E-state index in [1.165, 1.54) is 0 Å². The summed E-state index contributed by atoms with van der Waals surface area (Å²) in [6, 6.07) is 13.5. The molecule has 0 aliphatic heterocycles. The molecule has 0 amide bonds. The summed E-state index contributed by atoms with van der Waals surface area (Å²) in [5, 5.41) is 7.25. The van der Waals surface area contributed by atoms with Crippen LogP contribution in [0, 0.1) is 0 Å². The minimum atomic E-state index is 0.566. The standard InChI is InChI=1S/C14H13N5S/c15-19-13-8-12(16-11-6-7-20-9-11)17-14(18-13)10-4-2-1-3-5-10/h1-9H,15H2,(H2,16,17,18,19). The lowest BCUT2D eigenvalue weighted by molar-refractivity contribution is 1.15. The van der Waals surface area contributed by atoms with Crippen molar-refractivity contribution in [3.8, 4) is 11.4 Å². The predicted octanol–water partition coefficient (Wildman–Crippen LogP) is 3.23. The van der Waals surface area contributed by atoms with Crippen LogP contribution in [0.15, 0.2) is 53.2 Å². The normalized spacial score (nSPS) is 10.2. The Morgan fingerprint density at radius 3 is 2.50 bits per heavy atom. The third-order valence-corrected chi connectivity index (χ3v) is 3.38. The molecule has 0 aliphatic rings. The number of nitrogens with two attached hydrogens (primary N) is 1. The van der Waals surface area contributed by atoms with Crippen molar-refractivity contribution in [3.63, 3.8) is 0 Å². The van der Waals surface area contributed by atoms with E-state index in [4.69, 9.17) is 5.84 Å². The molecule has 5 nitrogen and oxygen atoms in total. The van der Waals surface area contributed by atoms with Crippen LogP contribution in [-0.4, -0.2) is 9.97 Å². The largest absolute Gasteiger partial charge is 0.339 e. The zero-order chi connectivity index (χ0) is 13.8. The Labute approximate surface area is 120 Å². The molecule has 0 aliphatic carbocycles. The molecule has 0 saturated heterocycles. The second-order valence-electron chi connectivity index (χ2n) is 4.11. The van der Waals surface area contributed by atoms with Crippen LogP contribution in [0.25, 0.3) is 11.4 Å². The summed E-state index contributed by atoms with van der Waals surface area (Å²) in [5.74, 6) is 7.36. The summed E-state index contributed by atoms with van der Waals surface area (Å²) in [7, 11) is 0. The first kappa shape index (κ1) is 12.6. The van der Waals surface area contributed by atoms with Gasteiger partial charge < -0.3 is 10.7 Å². The molecule has 3 aromatic rings. The molecule has 0 fully saturated rings. The molecule has 2 aromatic heterocycles. The van der Waals surface area contributed by atoms with E-state index in [9.17, 15) is 0 Å². The monoisotopic (exact) mass is 283 g/mol. The fourth-order valence-corrected chi connectivity index (χ4v) is 2.37. The van der Waals surface area contributed by atoms with Gasteiger partial charge in [-0.2, -0.15) is 11.3 Å². The Bertz CT molecular complexity index is 682. The third kappa shape index (κ3) is 2.76. The number of rotatable bonds is 4. The van der Waals surface area contributed by atoms with Gasteiger partial charge in [0.05, 0.1) is 5.69 Å². The molecule has 1 aromatic carbocycles. The average Bonchev–Trinajstić information content (AvgIpc) is 3.00. The second-order valence-corrected chi connectivity index (χ2v) is 4.89. The molecule has 0 unspecified atom stereocenters. The molecular weight excluding hydrogens is 270 g/mol. The van der Waals surface area contributed by atoms with Gasteiger partial charge >= 0.3 is 0 Å². The van der Waals surface area contributed by atoms with E-state index in [-0.39, 0.29) is 0 Å². The molecule has 0 saturated carbocycles. The molecule has 0 spiro atoms. The number of benzene rings is 1. The van der Waals surface area contributed by atoms with Gasteiger partial charge in [0.25, 0.3) is 0 Å². The van der Waals surface area contributed by atoms with Crippen LogP contribution in [0.3, 0.4) is 0 Å². The van der Waals surface area contributed by atoms with E-state index in [0.717, 1.165) is 11.3 Å². The number of nitrogens with one attached hydrogen (secondary N) is 2. The SMILES string of the molecule is NNc1cc(Nc2ccsc2)nc(-c2ccccc2)n1. The van der Waals surface area contributed by atoms with Gasteiger partial charge in [-0.1, -0.05) is 30.3 Å². The van der Waals surface area contributed by atoms with Crippen molar-refractivity contribution in [2.24, 2.45) is 5.84 Å². The molecule has 0 radical (unpaired) electrons. The van der Waals surface area contributed by atoms with Crippen molar-refractivity contribution in [1.82, 2.24) is 9.97 Å². The molecule has 0 bridgehead atoms. The molecule has 0 atom stereocenters. The van der Waals surface area contributed by atoms with E-state index < -0.39 is 0 Å². The number of hydrogen-bond donors (Lipinski definition) is 3. The van der Waals surface area contributed by atoms with Crippen LogP contribution in [0.1, 0.15) is 0 Å². The number of thiophene rings is 1. The Balaban J connectivity index is 1.99. The third-order valence-electron chi connectivity index (χ3n) is 2.70. The fourth-order valence-electron chi connectivity index (χ4n) is 1.79. The van der Waals surface area contributed by atoms with E-state index >= 15 is 0 Å². The van der Waals surface area contributed by atoms with Crippen molar-refractivity contribution in [1.29, 1.82) is 0 Å². The lowest BCUT2D eigenvalue weighted by Crippen LogP contribution is -2.10. The Hall–Kier alpha value is -2.44. The molecule has 3 rings (SSSR count). The first-order valence-electron chi connectivity index (χ1n) is 6.05. The number of nitrogens with zero attached hydrogens (tertiary/aromatic N) is 2. The molecule has 20 heavy (non-hydrogen) atoms. The lowest BCUT2D eigenvalue weighted by atomic mass is 10.2. The van der Waals surface area contributed by atoms with Crippen LogP contribution in [0.5, 0.6) is 0 Å². The quantitative estimate of drug-likeness (QED) is 0.506. The molecule has 2 heterocycles. The summed E-state index contributed by atoms with van der Waals surface area (Å²) >= 11 is 1.62. The van der Waals surface area contributed by atoms with E-state index in [1.54, 1.807) is 17.4 Å². The van der Waals surface area contributed by atoms with Gasteiger partial charge in [-0.05, 0) is 11.4 Å². The number of hydrazine groups is 1. The highest BCUT2D eigenvalue weighted by molar-refractivity contribution is 7.08. The van der Waals surface area contributed by atoms with Crippen LogP contribution in [0.4, 0.5) is 17.3 Å². The maximum absolute atomic E-state index is 5.47. The lowest BCUT2D eigenvalue weighted by Gasteiger charge is -2.08. The highest BCUT2D eigenvalue weighted by Gasteiger charge is 2.06. The number of nitrogen functional groups attached to an aromatic ring is 1. The van der Waals surface area contributed by atoms with Crippen molar-refractivity contribution < 1.29 is 0 Å². The summed E-state index contributed by atoms with van der Waals surface area (Å²) in [5.41, 5.74) is 4.51. The van der Waals surface area contributed by atoms with Gasteiger partial charge in [-0.3, -0.25) is 0 Å². The van der Waals surface area contributed by atoms with Gasteiger partial charge in [0.2, 0.25) is 0 Å². The van der Waals surface area contributed by atoms with Gasteiger partial charge in [-0.15, -0.1) is 0 Å². The minimum absolute atomic E-state index is 0.566. The van der Waals surface area contributed by atoms with E-state index in [1.807, 2.05) is 47.2 Å². The number of anilines is 3. The number of aromatic nitrogens is 2. The molecular formula is C14H13N5S. The van der Waals surface area contributed by atoms with Crippen LogP contribution in [0.2, 0.25) is 0 Å². The van der Waals surface area contributed by atoms with Crippen LogP contribution >= 0.6 is 11.3 Å². The highest BCUT2D eigenvalue weighted by Crippen LogP contribution is 2.23. The van der Waals surface area contributed by atoms with Gasteiger partial charge in [0.1, 0.15) is 11.6 Å². The summed E-state index contributed by atoms with van der Waals surface area (Å²) in [6.07, 6.45) is 0. The summed E-state index contributed by atoms with van der Waals surface area (Å²) < 4.78 is 0. The topological polar surface area (TPSA) is 75.9 Å². The first-order valence-corrected chi connectivity index (χ1v) is 7.00. The Kier molecular flexibility index (Phi) is 3.58. The maximum Gasteiger partial charge on any atom is 0.163 e. The van der Waals surface area contributed by atoms with E-state index in [0.29, 0.717) is 17.5 Å². The van der Waals surface area contributed by atoms with Crippen molar-refractivity contribution in [3.05, 3.63) is 53.2 Å². The van der Waals surface area contributed by atoms with Crippen molar-refractivity contribution >= 4 is 28.7 Å². The minimum Gasteiger partial charge on any atom is -0.339 e. The molecule has 4 N–H and O–H groups in total. The fraction of sp³-hybridized carbons (Fsp3) is 0. The average molecular weight is 283 g/mol. The first-order chi connectivity index (χ1) is 9.85. The zero-order valence-electron chi connectivity index (χ0n) is 10.6. The number of hydrogen-bond acceptors (Lipinski definition) is 6. The Morgan fingerprint density at radius 1 is 1.00 bits per heavy atom. The van der Waals surface area contributed by atoms with Crippen molar-refractivity contribution in [2.45, 2.75) is 0 Å².